The molecular weight excluding hydrogens is 310 g/mol. The zero-order chi connectivity index (χ0) is 17.6. The van der Waals surface area contributed by atoms with Crippen LogP contribution in [0.15, 0.2) is 12.4 Å². The van der Waals surface area contributed by atoms with E-state index in [1.165, 1.54) is 31.2 Å². The summed E-state index contributed by atoms with van der Waals surface area (Å²) < 4.78 is 0. The van der Waals surface area contributed by atoms with Gasteiger partial charge >= 0.3 is 0 Å². The third kappa shape index (κ3) is 3.20. The van der Waals surface area contributed by atoms with E-state index >= 15 is 0 Å². The van der Waals surface area contributed by atoms with Crippen LogP contribution in [0.2, 0.25) is 0 Å². The summed E-state index contributed by atoms with van der Waals surface area (Å²) >= 11 is 0. The van der Waals surface area contributed by atoms with Crippen molar-refractivity contribution in [2.45, 2.75) is 65.2 Å². The van der Waals surface area contributed by atoms with E-state index in [0.717, 1.165) is 43.7 Å². The van der Waals surface area contributed by atoms with Crippen molar-refractivity contribution < 1.29 is 4.79 Å². The van der Waals surface area contributed by atoms with Gasteiger partial charge in [0.05, 0.1) is 0 Å². The Bertz CT molecular complexity index is 617. The van der Waals surface area contributed by atoms with Gasteiger partial charge in [0.25, 0.3) is 0 Å². The van der Waals surface area contributed by atoms with Crippen LogP contribution in [0.3, 0.4) is 0 Å². The van der Waals surface area contributed by atoms with Gasteiger partial charge in [0, 0.05) is 31.4 Å². The maximum Gasteiger partial charge on any atom is 0.225 e. The van der Waals surface area contributed by atoms with E-state index < -0.39 is 0 Å². The Morgan fingerprint density at radius 3 is 2.24 bits per heavy atom. The maximum absolute atomic E-state index is 11.4. The summed E-state index contributed by atoms with van der Waals surface area (Å²) in [5, 5.41) is 0. The summed E-state index contributed by atoms with van der Waals surface area (Å²) in [6.07, 6.45) is 11.3. The highest BCUT2D eigenvalue weighted by molar-refractivity contribution is 5.79. The minimum Gasteiger partial charge on any atom is -0.341 e. The number of ketones is 1. The smallest absolute Gasteiger partial charge is 0.225 e. The number of aromatic nitrogens is 2. The van der Waals surface area contributed by atoms with Gasteiger partial charge < -0.3 is 4.90 Å². The molecule has 0 N–H and O–H groups in total. The predicted molar refractivity (Wildman–Crippen MR) is 99.6 cm³/mol. The quantitative estimate of drug-likeness (QED) is 0.823. The average molecular weight is 341 g/mol. The molecule has 2 heterocycles. The van der Waals surface area contributed by atoms with Crippen LogP contribution in [0.4, 0.5) is 5.95 Å². The highest BCUT2D eigenvalue weighted by atomic mass is 16.1. The van der Waals surface area contributed by atoms with Gasteiger partial charge in [-0.05, 0) is 74.2 Å². The van der Waals surface area contributed by atoms with E-state index in [1.54, 1.807) is 6.92 Å². The number of piperidine rings is 1. The molecule has 0 amide bonds. The SMILES string of the molecule is CC(=O)C1CC2(C1)CC(c1cnc(N3CCC(C(C)C)CC3)nc1)C2. The van der Waals surface area contributed by atoms with Crippen LogP contribution in [0.1, 0.15) is 70.8 Å². The van der Waals surface area contributed by atoms with Crippen molar-refractivity contribution >= 4 is 11.7 Å². The monoisotopic (exact) mass is 341 g/mol. The largest absolute Gasteiger partial charge is 0.341 e. The standard InChI is InChI=1S/C21H31N3O/c1-14(2)16-4-6-24(7-5-16)20-22-12-19(13-23-20)18-10-21(11-18)8-17(9-21)15(3)25/h12-14,16-18H,4-11H2,1-3H3. The second-order valence-electron chi connectivity index (χ2n) is 9.21. The Morgan fingerprint density at radius 1 is 1.12 bits per heavy atom. The number of Topliss-reactive ketones (excluding diaryl/α,β-unsaturated/α-hetero) is 1. The highest BCUT2D eigenvalue weighted by Crippen LogP contribution is 2.64. The number of hydrogen-bond donors (Lipinski definition) is 0. The van der Waals surface area contributed by atoms with Gasteiger partial charge in [-0.3, -0.25) is 4.79 Å². The van der Waals surface area contributed by atoms with Crippen molar-refractivity contribution in [3.05, 3.63) is 18.0 Å². The molecule has 1 spiro atoms. The van der Waals surface area contributed by atoms with E-state index in [-0.39, 0.29) is 0 Å². The summed E-state index contributed by atoms with van der Waals surface area (Å²) in [5.74, 6) is 3.86. The molecule has 25 heavy (non-hydrogen) atoms. The lowest BCUT2D eigenvalue weighted by Gasteiger charge is -2.57. The fourth-order valence-electron chi connectivity index (χ4n) is 5.30. The molecule has 3 aliphatic rings. The molecule has 0 radical (unpaired) electrons. The Balaban J connectivity index is 1.30. The normalized spacial score (nSPS) is 32.6. The molecule has 2 saturated carbocycles. The Kier molecular flexibility index (Phi) is 4.33. The number of rotatable bonds is 4. The zero-order valence-electron chi connectivity index (χ0n) is 15.9. The van der Waals surface area contributed by atoms with Gasteiger partial charge in [-0.25, -0.2) is 9.97 Å². The van der Waals surface area contributed by atoms with Crippen LogP contribution in [-0.4, -0.2) is 28.8 Å². The zero-order valence-corrected chi connectivity index (χ0v) is 15.9. The number of carbonyl (C=O) groups is 1. The summed E-state index contributed by atoms with van der Waals surface area (Å²) in [5.41, 5.74) is 1.76. The van der Waals surface area contributed by atoms with E-state index in [4.69, 9.17) is 0 Å². The Morgan fingerprint density at radius 2 is 1.72 bits per heavy atom. The lowest BCUT2D eigenvalue weighted by Crippen LogP contribution is -2.48. The molecule has 4 heteroatoms. The van der Waals surface area contributed by atoms with Crippen molar-refractivity contribution in [1.29, 1.82) is 0 Å². The van der Waals surface area contributed by atoms with Gasteiger partial charge in [0.2, 0.25) is 5.95 Å². The van der Waals surface area contributed by atoms with Gasteiger partial charge in [0.1, 0.15) is 5.78 Å². The highest BCUT2D eigenvalue weighted by Gasteiger charge is 2.54. The third-order valence-corrected chi connectivity index (χ3v) is 7.19. The summed E-state index contributed by atoms with van der Waals surface area (Å²) in [4.78, 5) is 23.1. The molecule has 1 aliphatic heterocycles. The van der Waals surface area contributed by atoms with E-state index in [9.17, 15) is 4.79 Å². The Hall–Kier alpha value is -1.45. The molecule has 1 saturated heterocycles. The minimum atomic E-state index is 0.341. The van der Waals surface area contributed by atoms with Crippen LogP contribution < -0.4 is 4.90 Å². The van der Waals surface area contributed by atoms with Crippen LogP contribution in [-0.2, 0) is 4.79 Å². The van der Waals surface area contributed by atoms with Crippen molar-refractivity contribution in [1.82, 2.24) is 9.97 Å². The van der Waals surface area contributed by atoms with Gasteiger partial charge in [-0.2, -0.15) is 0 Å². The topological polar surface area (TPSA) is 46.1 Å². The molecule has 1 aromatic rings. The maximum atomic E-state index is 11.4. The molecule has 2 aliphatic carbocycles. The predicted octanol–water partition coefficient (Wildman–Crippen LogP) is 4.21. The molecule has 0 atom stereocenters. The first-order chi connectivity index (χ1) is 12.0. The lowest BCUT2D eigenvalue weighted by molar-refractivity contribution is -0.133. The molecule has 136 valence electrons. The lowest BCUT2D eigenvalue weighted by atomic mass is 9.47. The number of nitrogens with zero attached hydrogens (tertiary/aromatic N) is 3. The van der Waals surface area contributed by atoms with Crippen LogP contribution >= 0.6 is 0 Å². The molecule has 0 bridgehead atoms. The summed E-state index contributed by atoms with van der Waals surface area (Å²) in [7, 11) is 0. The van der Waals surface area contributed by atoms with Crippen LogP contribution in [0.25, 0.3) is 0 Å². The first kappa shape index (κ1) is 17.0. The van der Waals surface area contributed by atoms with Gasteiger partial charge in [-0.1, -0.05) is 13.8 Å². The molecule has 4 nitrogen and oxygen atoms in total. The second kappa shape index (κ2) is 6.37. The number of carbonyl (C=O) groups excluding carboxylic acids is 1. The van der Waals surface area contributed by atoms with Crippen molar-refractivity contribution in [2.24, 2.45) is 23.2 Å². The van der Waals surface area contributed by atoms with E-state index in [0.29, 0.717) is 23.0 Å². The molecule has 1 aromatic heterocycles. The summed E-state index contributed by atoms with van der Waals surface area (Å²) in [6.45, 7) is 8.57. The minimum absolute atomic E-state index is 0.341. The van der Waals surface area contributed by atoms with Gasteiger partial charge in [-0.15, -0.1) is 0 Å². The first-order valence-electron chi connectivity index (χ1n) is 10.0. The van der Waals surface area contributed by atoms with Crippen molar-refractivity contribution in [2.75, 3.05) is 18.0 Å². The fraction of sp³-hybridized carbons (Fsp3) is 0.762. The Labute approximate surface area is 151 Å². The fourth-order valence-corrected chi connectivity index (χ4v) is 5.30. The third-order valence-electron chi connectivity index (χ3n) is 7.19. The number of hydrogen-bond acceptors (Lipinski definition) is 4. The van der Waals surface area contributed by atoms with Crippen LogP contribution in [0.5, 0.6) is 0 Å². The molecule has 4 rings (SSSR count). The first-order valence-corrected chi connectivity index (χ1v) is 10.0. The molecule has 0 unspecified atom stereocenters. The van der Waals surface area contributed by atoms with Gasteiger partial charge in [0.15, 0.2) is 0 Å². The van der Waals surface area contributed by atoms with Crippen molar-refractivity contribution in [3.63, 3.8) is 0 Å². The average Bonchev–Trinajstić information content (AvgIpc) is 2.52. The molecular formula is C21H31N3O. The van der Waals surface area contributed by atoms with E-state index in [2.05, 4.69) is 41.1 Å². The molecule has 3 fully saturated rings. The molecule has 0 aromatic carbocycles. The summed E-state index contributed by atoms with van der Waals surface area (Å²) in [6, 6.07) is 0. The van der Waals surface area contributed by atoms with Crippen LogP contribution in [0, 0.1) is 23.2 Å². The second-order valence-corrected chi connectivity index (χ2v) is 9.21. The number of anilines is 1. The van der Waals surface area contributed by atoms with E-state index in [1.807, 2.05) is 0 Å². The van der Waals surface area contributed by atoms with Crippen molar-refractivity contribution in [3.8, 4) is 0 Å².